The molecule has 0 bridgehead atoms. The smallest absolute Gasteiger partial charge is 0.159 e. The van der Waals surface area contributed by atoms with Crippen molar-refractivity contribution in [3.63, 3.8) is 0 Å². The lowest BCUT2D eigenvalue weighted by atomic mass is 10.1. The molecule has 0 N–H and O–H groups in total. The molecule has 3 nitrogen and oxygen atoms in total. The van der Waals surface area contributed by atoms with E-state index in [9.17, 15) is 0 Å². The van der Waals surface area contributed by atoms with E-state index in [0.717, 1.165) is 30.0 Å². The second-order valence-electron chi connectivity index (χ2n) is 8.41. The van der Waals surface area contributed by atoms with Crippen LogP contribution in [0.15, 0.2) is 48.8 Å². The zero-order valence-electron chi connectivity index (χ0n) is 19.8. The Balaban J connectivity index is 1.66. The van der Waals surface area contributed by atoms with Crippen molar-refractivity contribution < 1.29 is 4.74 Å². The Morgan fingerprint density at radius 1 is 0.710 bits per heavy atom. The SMILES string of the molecule is CCCCCC=CCCOc1ccc(-c2ncc(CCCCCCCCC)cn2)cc1. The number of hydrogen-bond acceptors (Lipinski definition) is 3. The van der Waals surface area contributed by atoms with Gasteiger partial charge in [-0.25, -0.2) is 9.97 Å². The molecule has 1 aromatic carbocycles. The summed E-state index contributed by atoms with van der Waals surface area (Å²) in [6, 6.07) is 8.11. The lowest BCUT2D eigenvalue weighted by Gasteiger charge is -2.06. The fraction of sp³-hybridized carbons (Fsp3) is 0.571. The molecule has 2 rings (SSSR count). The third-order valence-corrected chi connectivity index (χ3v) is 5.58. The van der Waals surface area contributed by atoms with E-state index in [1.54, 1.807) is 0 Å². The highest BCUT2D eigenvalue weighted by atomic mass is 16.5. The number of aryl methyl sites for hydroxylation is 1. The molecular weight excluding hydrogens is 380 g/mol. The molecule has 170 valence electrons. The summed E-state index contributed by atoms with van der Waals surface area (Å²) in [5.74, 6) is 1.68. The molecule has 1 heterocycles. The van der Waals surface area contributed by atoms with Crippen molar-refractivity contribution in [1.29, 1.82) is 0 Å². The van der Waals surface area contributed by atoms with Crippen LogP contribution in [0, 0.1) is 0 Å². The third kappa shape index (κ3) is 11.1. The number of unbranched alkanes of at least 4 members (excludes halogenated alkanes) is 9. The number of aromatic nitrogens is 2. The Kier molecular flexibility index (Phi) is 13.4. The average molecular weight is 423 g/mol. The van der Waals surface area contributed by atoms with Crippen LogP contribution in [0.5, 0.6) is 5.75 Å². The second-order valence-corrected chi connectivity index (χ2v) is 8.41. The summed E-state index contributed by atoms with van der Waals surface area (Å²) in [5, 5.41) is 0. The highest BCUT2D eigenvalue weighted by Gasteiger charge is 2.03. The van der Waals surface area contributed by atoms with Crippen LogP contribution in [0.4, 0.5) is 0 Å². The number of nitrogens with zero attached hydrogens (tertiary/aromatic N) is 2. The first-order valence-corrected chi connectivity index (χ1v) is 12.5. The first-order chi connectivity index (χ1) is 15.3. The molecule has 0 aliphatic heterocycles. The molecule has 1 aromatic heterocycles. The summed E-state index contributed by atoms with van der Waals surface area (Å²) >= 11 is 0. The van der Waals surface area contributed by atoms with Gasteiger partial charge in [-0.2, -0.15) is 0 Å². The van der Waals surface area contributed by atoms with Gasteiger partial charge in [0.25, 0.3) is 0 Å². The predicted molar refractivity (Wildman–Crippen MR) is 133 cm³/mol. The van der Waals surface area contributed by atoms with Crippen LogP contribution < -0.4 is 4.74 Å². The predicted octanol–water partition coefficient (Wildman–Crippen LogP) is 8.34. The average Bonchev–Trinajstić information content (AvgIpc) is 2.81. The minimum absolute atomic E-state index is 0.716. The van der Waals surface area contributed by atoms with E-state index >= 15 is 0 Å². The Bertz CT molecular complexity index is 707. The number of benzene rings is 1. The van der Waals surface area contributed by atoms with Crippen molar-refractivity contribution in [2.45, 2.75) is 97.3 Å². The van der Waals surface area contributed by atoms with Gasteiger partial charge in [-0.3, -0.25) is 0 Å². The molecule has 0 saturated carbocycles. The summed E-state index contributed by atoms with van der Waals surface area (Å²) in [7, 11) is 0. The fourth-order valence-electron chi connectivity index (χ4n) is 3.61. The van der Waals surface area contributed by atoms with Gasteiger partial charge in [0.1, 0.15) is 5.75 Å². The van der Waals surface area contributed by atoms with Gasteiger partial charge >= 0.3 is 0 Å². The lowest BCUT2D eigenvalue weighted by Crippen LogP contribution is -1.96. The topological polar surface area (TPSA) is 35.0 Å². The maximum Gasteiger partial charge on any atom is 0.159 e. The Hall–Kier alpha value is -2.16. The third-order valence-electron chi connectivity index (χ3n) is 5.58. The van der Waals surface area contributed by atoms with E-state index in [1.807, 2.05) is 36.7 Å². The molecule has 0 aliphatic rings. The quantitative estimate of drug-likeness (QED) is 0.190. The molecule has 0 saturated heterocycles. The highest BCUT2D eigenvalue weighted by Crippen LogP contribution is 2.20. The fourth-order valence-corrected chi connectivity index (χ4v) is 3.61. The Labute approximate surface area is 190 Å². The largest absolute Gasteiger partial charge is 0.493 e. The zero-order valence-corrected chi connectivity index (χ0v) is 19.8. The first kappa shape index (κ1) is 25.1. The van der Waals surface area contributed by atoms with Gasteiger partial charge in [0.05, 0.1) is 6.61 Å². The van der Waals surface area contributed by atoms with Gasteiger partial charge in [0.15, 0.2) is 5.82 Å². The molecule has 0 atom stereocenters. The number of hydrogen-bond donors (Lipinski definition) is 0. The van der Waals surface area contributed by atoms with Gasteiger partial charge in [-0.05, 0) is 61.9 Å². The van der Waals surface area contributed by atoms with Gasteiger partial charge < -0.3 is 4.74 Å². The van der Waals surface area contributed by atoms with E-state index in [4.69, 9.17) is 4.74 Å². The van der Waals surface area contributed by atoms with Crippen molar-refractivity contribution in [2.75, 3.05) is 6.61 Å². The van der Waals surface area contributed by atoms with Crippen molar-refractivity contribution in [3.05, 3.63) is 54.4 Å². The van der Waals surface area contributed by atoms with Gasteiger partial charge in [0.2, 0.25) is 0 Å². The maximum atomic E-state index is 5.84. The van der Waals surface area contributed by atoms with Crippen LogP contribution in [-0.4, -0.2) is 16.6 Å². The first-order valence-electron chi connectivity index (χ1n) is 12.5. The minimum atomic E-state index is 0.716. The van der Waals surface area contributed by atoms with E-state index < -0.39 is 0 Å². The van der Waals surface area contributed by atoms with E-state index in [-0.39, 0.29) is 0 Å². The molecule has 2 aromatic rings. The number of rotatable bonds is 17. The van der Waals surface area contributed by atoms with E-state index in [0.29, 0.717) is 6.61 Å². The highest BCUT2D eigenvalue weighted by molar-refractivity contribution is 5.55. The monoisotopic (exact) mass is 422 g/mol. The van der Waals surface area contributed by atoms with Crippen LogP contribution in [0.1, 0.15) is 96.5 Å². The number of ether oxygens (including phenoxy) is 1. The van der Waals surface area contributed by atoms with Crippen molar-refractivity contribution in [3.8, 4) is 17.1 Å². The summed E-state index contributed by atoms with van der Waals surface area (Å²) in [5.41, 5.74) is 2.27. The van der Waals surface area contributed by atoms with Gasteiger partial charge in [-0.15, -0.1) is 0 Å². The molecule has 0 radical (unpaired) electrons. The normalized spacial score (nSPS) is 11.3. The van der Waals surface area contributed by atoms with Crippen molar-refractivity contribution >= 4 is 0 Å². The summed E-state index contributed by atoms with van der Waals surface area (Å²) < 4.78 is 5.84. The molecule has 3 heteroatoms. The van der Waals surface area contributed by atoms with Gasteiger partial charge in [-0.1, -0.05) is 77.4 Å². The van der Waals surface area contributed by atoms with Gasteiger partial charge in [0, 0.05) is 18.0 Å². The molecule has 0 aliphatic carbocycles. The summed E-state index contributed by atoms with van der Waals surface area (Å²) in [4.78, 5) is 9.15. The molecule has 0 spiro atoms. The number of allylic oxidation sites excluding steroid dienone is 1. The zero-order chi connectivity index (χ0) is 22.0. The molecule has 0 fully saturated rings. The van der Waals surface area contributed by atoms with Crippen LogP contribution in [0.2, 0.25) is 0 Å². The van der Waals surface area contributed by atoms with Crippen LogP contribution in [-0.2, 0) is 6.42 Å². The standard InChI is InChI=1S/C28H42N2O/c1-3-5-7-9-11-13-15-17-25-23-29-28(30-24-25)26-18-20-27(21-19-26)31-22-16-14-12-10-8-6-4-2/h12,14,18-21,23-24H,3-11,13,15-17,22H2,1-2H3. The maximum absolute atomic E-state index is 5.84. The second kappa shape index (κ2) is 16.5. The van der Waals surface area contributed by atoms with E-state index in [2.05, 4.69) is 36.0 Å². The molecule has 0 amide bonds. The van der Waals surface area contributed by atoms with Crippen LogP contribution in [0.25, 0.3) is 11.4 Å². The van der Waals surface area contributed by atoms with Crippen molar-refractivity contribution in [1.82, 2.24) is 9.97 Å². The van der Waals surface area contributed by atoms with Crippen LogP contribution >= 0.6 is 0 Å². The molecule has 0 unspecified atom stereocenters. The Morgan fingerprint density at radius 3 is 2.03 bits per heavy atom. The van der Waals surface area contributed by atoms with Crippen LogP contribution in [0.3, 0.4) is 0 Å². The van der Waals surface area contributed by atoms with Crippen molar-refractivity contribution in [2.24, 2.45) is 0 Å². The van der Waals surface area contributed by atoms with E-state index in [1.165, 1.54) is 76.2 Å². The lowest BCUT2D eigenvalue weighted by molar-refractivity contribution is 0.325. The molecular formula is C28H42N2O. The summed E-state index contributed by atoms with van der Waals surface area (Å²) in [6.45, 7) is 5.22. The minimum Gasteiger partial charge on any atom is -0.493 e. The summed E-state index contributed by atoms with van der Waals surface area (Å²) in [6.07, 6.45) is 24.9. The Morgan fingerprint density at radius 2 is 1.32 bits per heavy atom. The molecule has 31 heavy (non-hydrogen) atoms.